The molecule has 2 unspecified atom stereocenters. The summed E-state index contributed by atoms with van der Waals surface area (Å²) in [4.78, 5) is 12.3. The maximum atomic E-state index is 10.8. The Bertz CT molecular complexity index is 234. The molecule has 2 atom stereocenters. The second-order valence-electron chi connectivity index (χ2n) is 5.20. The van der Waals surface area contributed by atoms with Gasteiger partial charge in [0.15, 0.2) is 0 Å². The molecule has 1 aliphatic rings. The molecule has 4 heteroatoms. The van der Waals surface area contributed by atoms with Crippen LogP contribution in [0.25, 0.3) is 0 Å². The number of hydrogen-bond acceptors (Lipinski definition) is 2. The molecule has 0 radical (unpaired) electrons. The SMILES string of the molecule is CC1CC(OC(C)(C)C)CCN1C(=O)O. The van der Waals surface area contributed by atoms with Crippen LogP contribution < -0.4 is 0 Å². The molecule has 0 saturated carbocycles. The summed E-state index contributed by atoms with van der Waals surface area (Å²) in [6.45, 7) is 8.60. The van der Waals surface area contributed by atoms with Crippen molar-refractivity contribution >= 4 is 6.09 Å². The van der Waals surface area contributed by atoms with Crippen LogP contribution in [0, 0.1) is 0 Å². The van der Waals surface area contributed by atoms with Crippen LogP contribution in [0.4, 0.5) is 4.79 Å². The van der Waals surface area contributed by atoms with Gasteiger partial charge in [-0.2, -0.15) is 0 Å². The highest BCUT2D eigenvalue weighted by Crippen LogP contribution is 2.23. The van der Waals surface area contributed by atoms with Crippen molar-refractivity contribution in [2.75, 3.05) is 6.54 Å². The maximum Gasteiger partial charge on any atom is 0.407 e. The minimum absolute atomic E-state index is 0.0589. The van der Waals surface area contributed by atoms with E-state index in [2.05, 4.69) is 0 Å². The maximum absolute atomic E-state index is 10.8. The number of hydrogen-bond donors (Lipinski definition) is 1. The van der Waals surface area contributed by atoms with Crippen molar-refractivity contribution < 1.29 is 14.6 Å². The van der Waals surface area contributed by atoms with E-state index in [1.165, 1.54) is 4.90 Å². The van der Waals surface area contributed by atoms with Gasteiger partial charge in [0.2, 0.25) is 0 Å². The molecule has 15 heavy (non-hydrogen) atoms. The van der Waals surface area contributed by atoms with Crippen molar-refractivity contribution in [1.29, 1.82) is 0 Å². The van der Waals surface area contributed by atoms with Gasteiger partial charge >= 0.3 is 6.09 Å². The third kappa shape index (κ3) is 3.70. The lowest BCUT2D eigenvalue weighted by molar-refractivity contribution is -0.0878. The first-order valence-corrected chi connectivity index (χ1v) is 5.47. The first-order chi connectivity index (χ1) is 6.79. The second-order valence-corrected chi connectivity index (χ2v) is 5.20. The van der Waals surface area contributed by atoms with Crippen LogP contribution in [0.5, 0.6) is 0 Å². The smallest absolute Gasteiger partial charge is 0.407 e. The molecule has 1 amide bonds. The van der Waals surface area contributed by atoms with Gasteiger partial charge in [-0.25, -0.2) is 4.79 Å². The van der Waals surface area contributed by atoms with Crippen LogP contribution in [0.1, 0.15) is 40.5 Å². The van der Waals surface area contributed by atoms with Gasteiger partial charge in [0.1, 0.15) is 0 Å². The predicted molar refractivity (Wildman–Crippen MR) is 58.1 cm³/mol. The van der Waals surface area contributed by atoms with Gasteiger partial charge in [0.25, 0.3) is 0 Å². The average molecular weight is 215 g/mol. The van der Waals surface area contributed by atoms with Crippen molar-refractivity contribution in [2.24, 2.45) is 0 Å². The van der Waals surface area contributed by atoms with Gasteiger partial charge in [-0.3, -0.25) is 0 Å². The predicted octanol–water partition coefficient (Wildman–Crippen LogP) is 2.33. The highest BCUT2D eigenvalue weighted by atomic mass is 16.5. The van der Waals surface area contributed by atoms with E-state index >= 15 is 0 Å². The third-order valence-electron chi connectivity index (χ3n) is 2.59. The lowest BCUT2D eigenvalue weighted by Gasteiger charge is -2.38. The van der Waals surface area contributed by atoms with E-state index in [0.717, 1.165) is 12.8 Å². The highest BCUT2D eigenvalue weighted by Gasteiger charge is 2.30. The zero-order valence-electron chi connectivity index (χ0n) is 9.99. The molecule has 1 rings (SSSR count). The Morgan fingerprint density at radius 2 is 2.07 bits per heavy atom. The largest absolute Gasteiger partial charge is 0.465 e. The summed E-state index contributed by atoms with van der Waals surface area (Å²) in [6.07, 6.45) is 0.963. The van der Waals surface area contributed by atoms with Gasteiger partial charge in [-0.05, 0) is 40.5 Å². The number of nitrogens with zero attached hydrogens (tertiary/aromatic N) is 1. The van der Waals surface area contributed by atoms with E-state index in [0.29, 0.717) is 6.54 Å². The Kier molecular flexibility index (Phi) is 3.60. The molecular formula is C11H21NO3. The van der Waals surface area contributed by atoms with Crippen LogP contribution in [0.2, 0.25) is 0 Å². The van der Waals surface area contributed by atoms with E-state index in [1.807, 2.05) is 27.7 Å². The van der Waals surface area contributed by atoms with Crippen molar-refractivity contribution in [1.82, 2.24) is 4.90 Å². The monoisotopic (exact) mass is 215 g/mol. The Balaban J connectivity index is 2.48. The number of likely N-dealkylation sites (tertiary alicyclic amines) is 1. The number of carbonyl (C=O) groups is 1. The van der Waals surface area contributed by atoms with Crippen LogP contribution in [-0.2, 0) is 4.74 Å². The van der Waals surface area contributed by atoms with Gasteiger partial charge < -0.3 is 14.7 Å². The number of piperidine rings is 1. The van der Waals surface area contributed by atoms with E-state index in [4.69, 9.17) is 9.84 Å². The summed E-state index contributed by atoms with van der Waals surface area (Å²) in [5.41, 5.74) is -0.143. The molecule has 1 N–H and O–H groups in total. The van der Waals surface area contributed by atoms with Gasteiger partial charge in [-0.15, -0.1) is 0 Å². The Hall–Kier alpha value is -0.770. The number of ether oxygens (including phenoxy) is 1. The van der Waals surface area contributed by atoms with E-state index in [1.54, 1.807) is 0 Å². The molecule has 0 bridgehead atoms. The van der Waals surface area contributed by atoms with Crippen LogP contribution >= 0.6 is 0 Å². The molecule has 1 saturated heterocycles. The van der Waals surface area contributed by atoms with Crippen molar-refractivity contribution in [3.05, 3.63) is 0 Å². The van der Waals surface area contributed by atoms with Gasteiger partial charge in [0.05, 0.1) is 11.7 Å². The number of amides is 1. The Labute approximate surface area is 91.2 Å². The van der Waals surface area contributed by atoms with Gasteiger partial charge in [-0.1, -0.05) is 0 Å². The summed E-state index contributed by atoms with van der Waals surface area (Å²) in [6, 6.07) is 0.0589. The van der Waals surface area contributed by atoms with Gasteiger partial charge in [0, 0.05) is 12.6 Å². The zero-order chi connectivity index (χ0) is 11.6. The Morgan fingerprint density at radius 3 is 2.47 bits per heavy atom. The minimum atomic E-state index is -0.822. The molecule has 0 aromatic rings. The third-order valence-corrected chi connectivity index (χ3v) is 2.59. The summed E-state index contributed by atoms with van der Waals surface area (Å²) in [5.74, 6) is 0. The molecule has 88 valence electrons. The molecular weight excluding hydrogens is 194 g/mol. The van der Waals surface area contributed by atoms with Crippen molar-refractivity contribution in [2.45, 2.75) is 58.3 Å². The zero-order valence-corrected chi connectivity index (χ0v) is 9.99. The molecule has 4 nitrogen and oxygen atoms in total. The van der Waals surface area contributed by atoms with E-state index in [9.17, 15) is 4.79 Å². The molecule has 1 aliphatic heterocycles. The van der Waals surface area contributed by atoms with Crippen molar-refractivity contribution in [3.8, 4) is 0 Å². The first kappa shape index (κ1) is 12.3. The molecule has 1 fully saturated rings. The number of carboxylic acid groups (broad SMARTS) is 1. The minimum Gasteiger partial charge on any atom is -0.465 e. The fraction of sp³-hybridized carbons (Fsp3) is 0.909. The fourth-order valence-electron chi connectivity index (χ4n) is 2.02. The molecule has 1 heterocycles. The fourth-order valence-corrected chi connectivity index (χ4v) is 2.02. The van der Waals surface area contributed by atoms with E-state index < -0.39 is 6.09 Å². The lowest BCUT2D eigenvalue weighted by Crippen LogP contribution is -2.47. The average Bonchev–Trinajstić information content (AvgIpc) is 1.99. The molecule has 0 aromatic carbocycles. The quantitative estimate of drug-likeness (QED) is 0.730. The summed E-state index contributed by atoms with van der Waals surface area (Å²) >= 11 is 0. The first-order valence-electron chi connectivity index (χ1n) is 5.47. The lowest BCUT2D eigenvalue weighted by atomic mass is 10.00. The van der Waals surface area contributed by atoms with E-state index in [-0.39, 0.29) is 17.7 Å². The number of rotatable bonds is 1. The van der Waals surface area contributed by atoms with Crippen LogP contribution in [0.3, 0.4) is 0 Å². The topological polar surface area (TPSA) is 49.8 Å². The Morgan fingerprint density at radius 1 is 1.47 bits per heavy atom. The van der Waals surface area contributed by atoms with Crippen molar-refractivity contribution in [3.63, 3.8) is 0 Å². The summed E-state index contributed by atoms with van der Waals surface area (Å²) < 4.78 is 5.86. The van der Waals surface area contributed by atoms with Crippen LogP contribution in [0.15, 0.2) is 0 Å². The second kappa shape index (κ2) is 4.39. The standard InChI is InChI=1S/C11H21NO3/c1-8-7-9(15-11(2,3)4)5-6-12(8)10(13)14/h8-9H,5-7H2,1-4H3,(H,13,14). The van der Waals surface area contributed by atoms with Crippen LogP contribution in [-0.4, -0.2) is 40.4 Å². The molecule has 0 aromatic heterocycles. The highest BCUT2D eigenvalue weighted by molar-refractivity contribution is 5.65. The molecule has 0 spiro atoms. The molecule has 0 aliphatic carbocycles. The summed E-state index contributed by atoms with van der Waals surface area (Å²) in [7, 11) is 0. The normalized spacial score (nSPS) is 27.9. The summed E-state index contributed by atoms with van der Waals surface area (Å²) in [5, 5.41) is 8.91.